The highest BCUT2D eigenvalue weighted by Gasteiger charge is 2.15. The monoisotopic (exact) mass is 314 g/mol. The second-order valence-electron chi connectivity index (χ2n) is 4.42. The van der Waals surface area contributed by atoms with Crippen LogP contribution in [0.3, 0.4) is 0 Å². The van der Waals surface area contributed by atoms with E-state index in [1.165, 1.54) is 6.26 Å². The maximum Gasteiger partial charge on any atom is 0.196 e. The number of furan rings is 1. The van der Waals surface area contributed by atoms with E-state index in [4.69, 9.17) is 4.42 Å². The van der Waals surface area contributed by atoms with Crippen LogP contribution < -0.4 is 0 Å². The summed E-state index contributed by atoms with van der Waals surface area (Å²) >= 11 is 3.51. The molecule has 94 valence electrons. The van der Waals surface area contributed by atoms with E-state index in [1.807, 2.05) is 43.3 Å². The fourth-order valence-electron chi connectivity index (χ4n) is 2.18. The van der Waals surface area contributed by atoms with Crippen LogP contribution in [-0.2, 0) is 0 Å². The van der Waals surface area contributed by atoms with Gasteiger partial charge in [-0.1, -0.05) is 40.2 Å². The van der Waals surface area contributed by atoms with E-state index in [9.17, 15) is 4.79 Å². The molecule has 3 aromatic rings. The second-order valence-corrected chi connectivity index (χ2v) is 5.27. The minimum absolute atomic E-state index is 0.0134. The van der Waals surface area contributed by atoms with Crippen LogP contribution in [0.5, 0.6) is 0 Å². The van der Waals surface area contributed by atoms with Crippen molar-refractivity contribution in [2.45, 2.75) is 6.92 Å². The lowest BCUT2D eigenvalue weighted by Crippen LogP contribution is -2.00. The zero-order valence-corrected chi connectivity index (χ0v) is 11.9. The van der Waals surface area contributed by atoms with Crippen molar-refractivity contribution in [2.75, 3.05) is 0 Å². The fourth-order valence-corrected chi connectivity index (χ4v) is 2.66. The molecule has 0 fully saturated rings. The van der Waals surface area contributed by atoms with Gasteiger partial charge in [0.25, 0.3) is 0 Å². The third-order valence-electron chi connectivity index (χ3n) is 3.11. The summed E-state index contributed by atoms with van der Waals surface area (Å²) in [4.78, 5) is 12.5. The van der Waals surface area contributed by atoms with Crippen molar-refractivity contribution in [3.8, 4) is 0 Å². The van der Waals surface area contributed by atoms with Gasteiger partial charge in [-0.25, -0.2) is 0 Å². The van der Waals surface area contributed by atoms with Gasteiger partial charge < -0.3 is 4.42 Å². The zero-order valence-electron chi connectivity index (χ0n) is 10.3. The molecule has 0 aliphatic rings. The number of fused-ring (bicyclic) bond motifs is 1. The van der Waals surface area contributed by atoms with Gasteiger partial charge in [0.2, 0.25) is 0 Å². The van der Waals surface area contributed by atoms with Crippen LogP contribution in [0.1, 0.15) is 21.7 Å². The molecule has 0 aliphatic carbocycles. The molecule has 0 atom stereocenters. The van der Waals surface area contributed by atoms with E-state index in [0.29, 0.717) is 11.1 Å². The summed E-state index contributed by atoms with van der Waals surface area (Å²) in [5, 5.41) is 1.98. The van der Waals surface area contributed by atoms with Gasteiger partial charge in [-0.15, -0.1) is 0 Å². The van der Waals surface area contributed by atoms with Crippen molar-refractivity contribution < 1.29 is 9.21 Å². The first-order valence-electron chi connectivity index (χ1n) is 5.94. The average Bonchev–Trinajstić information content (AvgIpc) is 2.86. The van der Waals surface area contributed by atoms with E-state index in [2.05, 4.69) is 15.9 Å². The van der Waals surface area contributed by atoms with E-state index in [0.717, 1.165) is 21.0 Å². The second kappa shape index (κ2) is 4.67. The number of aryl methyl sites for hydroxylation is 1. The molecule has 0 saturated carbocycles. The molecule has 0 saturated heterocycles. The van der Waals surface area contributed by atoms with E-state index < -0.39 is 0 Å². The van der Waals surface area contributed by atoms with Crippen LogP contribution in [0.2, 0.25) is 0 Å². The summed E-state index contributed by atoms with van der Waals surface area (Å²) in [5.74, 6) is 0.727. The third kappa shape index (κ3) is 2.10. The molecule has 0 unspecified atom stereocenters. The van der Waals surface area contributed by atoms with Gasteiger partial charge in [0.15, 0.2) is 5.78 Å². The molecule has 0 bridgehead atoms. The molecule has 0 N–H and O–H groups in total. The van der Waals surface area contributed by atoms with E-state index in [-0.39, 0.29) is 5.78 Å². The Bertz CT molecular complexity index is 771. The number of benzene rings is 2. The van der Waals surface area contributed by atoms with Gasteiger partial charge in [-0.05, 0) is 35.9 Å². The topological polar surface area (TPSA) is 30.2 Å². The molecule has 0 aliphatic heterocycles. The predicted molar refractivity (Wildman–Crippen MR) is 78.5 cm³/mol. The Balaban J connectivity index is 2.21. The first-order valence-corrected chi connectivity index (χ1v) is 6.73. The van der Waals surface area contributed by atoms with Crippen molar-refractivity contribution in [1.29, 1.82) is 0 Å². The smallest absolute Gasteiger partial charge is 0.196 e. The summed E-state index contributed by atoms with van der Waals surface area (Å²) < 4.78 is 6.20. The number of carbonyl (C=O) groups is 1. The predicted octanol–water partition coefficient (Wildman–Crippen LogP) is 4.73. The van der Waals surface area contributed by atoms with Crippen molar-refractivity contribution in [2.24, 2.45) is 0 Å². The van der Waals surface area contributed by atoms with Crippen LogP contribution in [0.25, 0.3) is 10.8 Å². The summed E-state index contributed by atoms with van der Waals surface area (Å²) in [6.07, 6.45) is 1.51. The standard InChI is InChI=1S/C16H11BrO2/c1-10-8-11(9-19-10)16(18)14-6-7-15(17)13-5-3-2-4-12(13)14/h2-9H,1H3. The molecule has 0 amide bonds. The van der Waals surface area contributed by atoms with Gasteiger partial charge in [0.05, 0.1) is 5.56 Å². The van der Waals surface area contributed by atoms with Crippen molar-refractivity contribution in [3.05, 3.63) is 70.1 Å². The molecule has 1 heterocycles. The summed E-state index contributed by atoms with van der Waals surface area (Å²) in [5.41, 5.74) is 1.28. The van der Waals surface area contributed by atoms with Crippen LogP contribution in [0.15, 0.2) is 57.6 Å². The van der Waals surface area contributed by atoms with Gasteiger partial charge in [0.1, 0.15) is 12.0 Å². The van der Waals surface area contributed by atoms with Gasteiger partial charge in [0, 0.05) is 10.0 Å². The summed E-state index contributed by atoms with van der Waals surface area (Å²) in [6.45, 7) is 1.83. The molecule has 3 rings (SSSR count). The first-order chi connectivity index (χ1) is 9.16. The minimum Gasteiger partial charge on any atom is -0.469 e. The zero-order chi connectivity index (χ0) is 13.4. The normalized spacial score (nSPS) is 10.8. The SMILES string of the molecule is Cc1cc(C(=O)c2ccc(Br)c3ccccc23)co1. The number of halogens is 1. The van der Waals surface area contributed by atoms with Crippen molar-refractivity contribution >= 4 is 32.5 Å². The Morgan fingerprint density at radius 1 is 1.11 bits per heavy atom. The Kier molecular flexibility index (Phi) is 2.99. The van der Waals surface area contributed by atoms with Crippen LogP contribution in [0, 0.1) is 6.92 Å². The molecule has 19 heavy (non-hydrogen) atoms. The number of rotatable bonds is 2. The quantitative estimate of drug-likeness (QED) is 0.640. The Morgan fingerprint density at radius 2 is 1.84 bits per heavy atom. The van der Waals surface area contributed by atoms with E-state index in [1.54, 1.807) is 6.07 Å². The molecule has 1 aromatic heterocycles. The van der Waals surface area contributed by atoms with Crippen LogP contribution in [0.4, 0.5) is 0 Å². The molecule has 0 radical (unpaired) electrons. The maximum atomic E-state index is 12.5. The van der Waals surface area contributed by atoms with E-state index >= 15 is 0 Å². The Labute approximate surface area is 119 Å². The average molecular weight is 315 g/mol. The summed E-state index contributed by atoms with van der Waals surface area (Å²) in [7, 11) is 0. The Morgan fingerprint density at radius 3 is 2.53 bits per heavy atom. The number of hydrogen-bond donors (Lipinski definition) is 0. The van der Waals surface area contributed by atoms with Crippen LogP contribution in [-0.4, -0.2) is 5.78 Å². The van der Waals surface area contributed by atoms with Crippen LogP contribution >= 0.6 is 15.9 Å². The molecule has 3 heteroatoms. The highest BCUT2D eigenvalue weighted by Crippen LogP contribution is 2.28. The Hall–Kier alpha value is -1.87. The van der Waals surface area contributed by atoms with Crippen molar-refractivity contribution in [3.63, 3.8) is 0 Å². The number of hydrogen-bond acceptors (Lipinski definition) is 2. The third-order valence-corrected chi connectivity index (χ3v) is 3.80. The highest BCUT2D eigenvalue weighted by molar-refractivity contribution is 9.10. The number of carbonyl (C=O) groups excluding carboxylic acids is 1. The van der Waals surface area contributed by atoms with Gasteiger partial charge in [-0.3, -0.25) is 4.79 Å². The molecular formula is C16H11BrO2. The lowest BCUT2D eigenvalue weighted by Gasteiger charge is -2.06. The molecule has 2 aromatic carbocycles. The lowest BCUT2D eigenvalue weighted by atomic mass is 9.98. The summed E-state index contributed by atoms with van der Waals surface area (Å²) in [6, 6.07) is 13.4. The maximum absolute atomic E-state index is 12.5. The molecule has 2 nitrogen and oxygen atoms in total. The minimum atomic E-state index is -0.0134. The lowest BCUT2D eigenvalue weighted by molar-refractivity contribution is 0.103. The molecule has 0 spiro atoms. The van der Waals surface area contributed by atoms with Crippen molar-refractivity contribution in [1.82, 2.24) is 0 Å². The fraction of sp³-hybridized carbons (Fsp3) is 0.0625. The molecular weight excluding hydrogens is 304 g/mol. The van der Waals surface area contributed by atoms with Gasteiger partial charge >= 0.3 is 0 Å². The largest absolute Gasteiger partial charge is 0.469 e. The first kappa shape index (κ1) is 12.2. The highest BCUT2D eigenvalue weighted by atomic mass is 79.9. The van der Waals surface area contributed by atoms with Gasteiger partial charge in [-0.2, -0.15) is 0 Å². The number of ketones is 1.